The summed E-state index contributed by atoms with van der Waals surface area (Å²) in [7, 11) is 0. The Hall–Kier alpha value is -2.04. The van der Waals surface area contributed by atoms with E-state index in [1.54, 1.807) is 0 Å². The quantitative estimate of drug-likeness (QED) is 0.775. The van der Waals surface area contributed by atoms with Crippen LogP contribution in [-0.2, 0) is 4.79 Å². The Morgan fingerprint density at radius 2 is 1.74 bits per heavy atom. The van der Waals surface area contributed by atoms with E-state index < -0.39 is 11.9 Å². The molecule has 2 rings (SSSR count). The minimum atomic E-state index is -0.851. The molecule has 1 fully saturated rings. The maximum atomic E-state index is 12.0. The fraction of sp³-hybridized carbons (Fsp3) is 0.429. The van der Waals surface area contributed by atoms with Gasteiger partial charge in [-0.05, 0) is 37.1 Å². The largest absolute Gasteiger partial charge is 0.508 e. The van der Waals surface area contributed by atoms with E-state index in [4.69, 9.17) is 10.2 Å². The molecule has 0 aromatic heterocycles. The van der Waals surface area contributed by atoms with E-state index in [-0.39, 0.29) is 17.7 Å². The maximum Gasteiger partial charge on any atom is 0.308 e. The second-order valence-electron chi connectivity index (χ2n) is 4.86. The summed E-state index contributed by atoms with van der Waals surface area (Å²) in [6.45, 7) is 0. The number of amides is 1. The smallest absolute Gasteiger partial charge is 0.308 e. The number of aromatic hydroxyl groups is 1. The Labute approximate surface area is 111 Å². The van der Waals surface area contributed by atoms with Crippen LogP contribution in [0.2, 0.25) is 0 Å². The van der Waals surface area contributed by atoms with Crippen molar-refractivity contribution in [3.63, 3.8) is 0 Å². The average Bonchev–Trinajstić information content (AvgIpc) is 2.39. The van der Waals surface area contributed by atoms with Crippen molar-refractivity contribution in [1.82, 2.24) is 5.32 Å². The van der Waals surface area contributed by atoms with E-state index in [0.29, 0.717) is 18.4 Å². The van der Waals surface area contributed by atoms with Crippen LogP contribution in [0, 0.1) is 5.92 Å². The molecule has 1 aromatic rings. The van der Waals surface area contributed by atoms with Crippen LogP contribution in [-0.4, -0.2) is 28.1 Å². The summed E-state index contributed by atoms with van der Waals surface area (Å²) < 4.78 is 0. The van der Waals surface area contributed by atoms with Gasteiger partial charge in [0.1, 0.15) is 5.75 Å². The second-order valence-corrected chi connectivity index (χ2v) is 4.86. The van der Waals surface area contributed by atoms with Gasteiger partial charge in [0.25, 0.3) is 5.91 Å². The van der Waals surface area contributed by atoms with E-state index >= 15 is 0 Å². The first-order valence-corrected chi connectivity index (χ1v) is 6.40. The van der Waals surface area contributed by atoms with Crippen molar-refractivity contribution >= 4 is 11.9 Å². The lowest BCUT2D eigenvalue weighted by atomic mass is 9.84. The van der Waals surface area contributed by atoms with Crippen LogP contribution in [0.4, 0.5) is 0 Å². The Morgan fingerprint density at radius 3 is 2.37 bits per heavy atom. The van der Waals surface area contributed by atoms with Crippen LogP contribution < -0.4 is 5.32 Å². The molecule has 0 saturated heterocycles. The highest BCUT2D eigenvalue weighted by molar-refractivity contribution is 5.94. The van der Waals surface area contributed by atoms with Crippen molar-refractivity contribution < 1.29 is 19.8 Å². The highest BCUT2D eigenvalue weighted by Crippen LogP contribution is 2.25. The number of carbonyl (C=O) groups is 2. The number of hydrogen-bond acceptors (Lipinski definition) is 3. The fourth-order valence-corrected chi connectivity index (χ4v) is 2.46. The number of carboxylic acids is 1. The Balaban J connectivity index is 2.04. The van der Waals surface area contributed by atoms with Crippen molar-refractivity contribution in [2.75, 3.05) is 0 Å². The highest BCUT2D eigenvalue weighted by Gasteiger charge is 2.31. The minimum Gasteiger partial charge on any atom is -0.508 e. The van der Waals surface area contributed by atoms with Gasteiger partial charge >= 0.3 is 5.97 Å². The first kappa shape index (κ1) is 13.4. The second kappa shape index (κ2) is 5.73. The Morgan fingerprint density at radius 1 is 1.11 bits per heavy atom. The van der Waals surface area contributed by atoms with E-state index in [0.717, 1.165) is 12.8 Å². The number of aliphatic carboxylic acids is 1. The van der Waals surface area contributed by atoms with Gasteiger partial charge < -0.3 is 15.5 Å². The Kier molecular flexibility index (Phi) is 4.04. The minimum absolute atomic E-state index is 0.0950. The number of nitrogens with one attached hydrogen (secondary N) is 1. The van der Waals surface area contributed by atoms with Gasteiger partial charge in [-0.3, -0.25) is 9.59 Å². The molecule has 1 aliphatic carbocycles. The summed E-state index contributed by atoms with van der Waals surface area (Å²) in [5.74, 6) is -1.55. The number of benzene rings is 1. The third kappa shape index (κ3) is 3.24. The van der Waals surface area contributed by atoms with Crippen LogP contribution in [0.25, 0.3) is 0 Å². The molecule has 2 atom stereocenters. The average molecular weight is 263 g/mol. The standard InChI is InChI=1S/C14H17NO4/c16-10-7-5-9(6-8-10)13(17)15-12-4-2-1-3-11(12)14(18)19/h5-8,11-12,16H,1-4H2,(H,15,17)(H,18,19). The number of carbonyl (C=O) groups excluding carboxylic acids is 1. The maximum absolute atomic E-state index is 12.0. The summed E-state index contributed by atoms with van der Waals surface area (Å²) in [6, 6.07) is 5.59. The van der Waals surface area contributed by atoms with Crippen molar-refractivity contribution in [1.29, 1.82) is 0 Å². The van der Waals surface area contributed by atoms with E-state index in [1.165, 1.54) is 24.3 Å². The molecule has 0 spiro atoms. The number of carboxylic acid groups (broad SMARTS) is 1. The number of phenols is 1. The van der Waals surface area contributed by atoms with Crippen molar-refractivity contribution in [2.45, 2.75) is 31.7 Å². The third-order valence-electron chi connectivity index (χ3n) is 3.53. The molecule has 0 bridgehead atoms. The van der Waals surface area contributed by atoms with Crippen LogP contribution in [0.3, 0.4) is 0 Å². The predicted molar refractivity (Wildman–Crippen MR) is 69.0 cm³/mol. The molecule has 1 aromatic carbocycles. The van der Waals surface area contributed by atoms with Gasteiger partial charge in [-0.25, -0.2) is 0 Å². The van der Waals surface area contributed by atoms with Gasteiger partial charge in [-0.1, -0.05) is 12.8 Å². The summed E-state index contributed by atoms with van der Waals surface area (Å²) in [6.07, 6.45) is 3.13. The summed E-state index contributed by atoms with van der Waals surface area (Å²) in [4.78, 5) is 23.1. The van der Waals surface area contributed by atoms with Gasteiger partial charge in [-0.15, -0.1) is 0 Å². The van der Waals surface area contributed by atoms with Crippen LogP contribution in [0.1, 0.15) is 36.0 Å². The molecular formula is C14H17NO4. The first-order chi connectivity index (χ1) is 9.08. The van der Waals surface area contributed by atoms with Crippen LogP contribution in [0.15, 0.2) is 24.3 Å². The number of hydrogen-bond donors (Lipinski definition) is 3. The summed E-state index contributed by atoms with van der Waals surface area (Å²) in [5.41, 5.74) is 0.424. The van der Waals surface area contributed by atoms with E-state index in [1.807, 2.05) is 0 Å². The molecule has 1 amide bonds. The number of rotatable bonds is 3. The first-order valence-electron chi connectivity index (χ1n) is 6.40. The van der Waals surface area contributed by atoms with Crippen molar-refractivity contribution in [3.05, 3.63) is 29.8 Å². The van der Waals surface area contributed by atoms with E-state index in [9.17, 15) is 9.59 Å². The Bertz CT molecular complexity index is 469. The zero-order valence-corrected chi connectivity index (χ0v) is 10.5. The molecule has 102 valence electrons. The molecule has 2 unspecified atom stereocenters. The fourth-order valence-electron chi connectivity index (χ4n) is 2.46. The van der Waals surface area contributed by atoms with Crippen LogP contribution >= 0.6 is 0 Å². The van der Waals surface area contributed by atoms with Gasteiger partial charge in [0.2, 0.25) is 0 Å². The summed E-state index contributed by atoms with van der Waals surface area (Å²) >= 11 is 0. The molecule has 0 aliphatic heterocycles. The molecule has 19 heavy (non-hydrogen) atoms. The van der Waals surface area contributed by atoms with Gasteiger partial charge in [-0.2, -0.15) is 0 Å². The molecule has 1 saturated carbocycles. The van der Waals surface area contributed by atoms with Crippen molar-refractivity contribution in [2.24, 2.45) is 5.92 Å². The lowest BCUT2D eigenvalue weighted by molar-refractivity contribution is -0.143. The van der Waals surface area contributed by atoms with Gasteiger partial charge in [0.05, 0.1) is 5.92 Å². The lowest BCUT2D eigenvalue weighted by Gasteiger charge is -2.29. The summed E-state index contributed by atoms with van der Waals surface area (Å²) in [5, 5.41) is 21.1. The molecule has 5 heteroatoms. The molecular weight excluding hydrogens is 246 g/mol. The highest BCUT2D eigenvalue weighted by atomic mass is 16.4. The zero-order chi connectivity index (χ0) is 13.8. The molecule has 1 aliphatic rings. The molecule has 3 N–H and O–H groups in total. The lowest BCUT2D eigenvalue weighted by Crippen LogP contribution is -2.45. The monoisotopic (exact) mass is 263 g/mol. The molecule has 5 nitrogen and oxygen atoms in total. The SMILES string of the molecule is O=C(NC1CCCCC1C(=O)O)c1ccc(O)cc1. The molecule has 0 heterocycles. The molecule has 0 radical (unpaired) electrons. The van der Waals surface area contributed by atoms with Crippen LogP contribution in [0.5, 0.6) is 5.75 Å². The zero-order valence-electron chi connectivity index (χ0n) is 10.5. The van der Waals surface area contributed by atoms with Gasteiger partial charge in [0, 0.05) is 11.6 Å². The normalized spacial score (nSPS) is 22.7. The number of phenolic OH excluding ortho intramolecular Hbond substituents is 1. The van der Waals surface area contributed by atoms with Crippen molar-refractivity contribution in [3.8, 4) is 5.75 Å². The van der Waals surface area contributed by atoms with Gasteiger partial charge in [0.15, 0.2) is 0 Å². The topological polar surface area (TPSA) is 86.6 Å². The predicted octanol–water partition coefficient (Wildman–Crippen LogP) is 1.77. The third-order valence-corrected chi connectivity index (χ3v) is 3.53. The van der Waals surface area contributed by atoms with E-state index in [2.05, 4.69) is 5.32 Å².